The quantitative estimate of drug-likeness (QED) is 0.514. The highest BCUT2D eigenvalue weighted by Gasteiger charge is 2.10. The van der Waals surface area contributed by atoms with Gasteiger partial charge in [0.05, 0.1) is 20.5 Å². The second-order valence-electron chi connectivity index (χ2n) is 4.32. The average Bonchev–Trinajstić information content (AvgIpc) is 2.49. The first kappa shape index (κ1) is 13.7. The van der Waals surface area contributed by atoms with E-state index in [0.29, 0.717) is 26.9 Å². The molecule has 0 saturated carbocycles. The van der Waals surface area contributed by atoms with Gasteiger partial charge in [0.25, 0.3) is 5.69 Å². The van der Waals surface area contributed by atoms with Crippen molar-refractivity contribution in [3.05, 3.63) is 62.8 Å². The molecule has 1 aromatic heterocycles. The zero-order valence-corrected chi connectivity index (χ0v) is 12.0. The van der Waals surface area contributed by atoms with E-state index in [1.165, 1.54) is 12.1 Å². The first-order chi connectivity index (χ1) is 10.0. The Hall–Kier alpha value is -2.24. The fraction of sp³-hybridized carbons (Fsp3) is 0. The normalized spacial score (nSPS) is 10.8. The molecule has 7 heteroatoms. The van der Waals surface area contributed by atoms with Crippen molar-refractivity contribution < 1.29 is 4.92 Å². The Morgan fingerprint density at radius 1 is 1.05 bits per heavy atom. The van der Waals surface area contributed by atoms with Gasteiger partial charge < -0.3 is 0 Å². The Morgan fingerprint density at radius 3 is 2.57 bits per heavy atom. The molecule has 104 valence electrons. The Morgan fingerprint density at radius 2 is 1.86 bits per heavy atom. The van der Waals surface area contributed by atoms with Crippen LogP contribution in [0.4, 0.5) is 5.69 Å². The topological polar surface area (TPSA) is 68.9 Å². The highest BCUT2D eigenvalue weighted by Crippen LogP contribution is 2.28. The maximum atomic E-state index is 10.8. The summed E-state index contributed by atoms with van der Waals surface area (Å²) in [6, 6.07) is 9.50. The van der Waals surface area contributed by atoms with Crippen LogP contribution < -0.4 is 0 Å². The van der Waals surface area contributed by atoms with E-state index in [4.69, 9.17) is 23.2 Å². The Labute approximate surface area is 129 Å². The third kappa shape index (κ3) is 2.66. The largest absolute Gasteiger partial charge is 0.271 e. The predicted octanol–water partition coefficient (Wildman–Crippen LogP) is 4.51. The lowest BCUT2D eigenvalue weighted by Gasteiger charge is -2.04. The highest BCUT2D eigenvalue weighted by atomic mass is 35.5. The number of fused-ring (bicyclic) bond motifs is 1. The number of rotatable bonds is 2. The number of nitro groups is 1. The van der Waals surface area contributed by atoms with Gasteiger partial charge in [-0.05, 0) is 24.3 Å². The summed E-state index contributed by atoms with van der Waals surface area (Å²) in [6.07, 6.45) is 1.61. The summed E-state index contributed by atoms with van der Waals surface area (Å²) in [5.41, 5.74) is 1.18. The number of nitrogens with zero attached hydrogens (tertiary/aromatic N) is 3. The zero-order chi connectivity index (χ0) is 15.0. The third-order valence-corrected chi connectivity index (χ3v) is 3.69. The Balaban J connectivity index is 2.14. The predicted molar refractivity (Wildman–Crippen MR) is 81.6 cm³/mol. The van der Waals surface area contributed by atoms with Gasteiger partial charge >= 0.3 is 0 Å². The third-order valence-electron chi connectivity index (χ3n) is 2.95. The number of nitro benzene ring substituents is 1. The van der Waals surface area contributed by atoms with Crippen LogP contribution in [0, 0.1) is 10.1 Å². The first-order valence-corrected chi connectivity index (χ1v) is 6.67. The van der Waals surface area contributed by atoms with E-state index in [9.17, 15) is 10.1 Å². The van der Waals surface area contributed by atoms with E-state index in [2.05, 4.69) is 9.97 Å². The van der Waals surface area contributed by atoms with E-state index in [1.54, 1.807) is 30.5 Å². The molecule has 0 fully saturated rings. The SMILES string of the molecule is O=[N+]([O-])c1ccc2cnc(-c3ccc(Cl)c(Cl)c3)nc2c1. The molecule has 3 aromatic rings. The van der Waals surface area contributed by atoms with Crippen LogP contribution in [0.15, 0.2) is 42.6 Å². The van der Waals surface area contributed by atoms with Gasteiger partial charge in [0.15, 0.2) is 5.82 Å². The van der Waals surface area contributed by atoms with Crippen LogP contribution in [0.1, 0.15) is 0 Å². The molecule has 0 amide bonds. The van der Waals surface area contributed by atoms with Crippen LogP contribution in [-0.4, -0.2) is 14.9 Å². The zero-order valence-electron chi connectivity index (χ0n) is 10.5. The van der Waals surface area contributed by atoms with E-state index in [1.807, 2.05) is 0 Å². The molecule has 0 unspecified atom stereocenters. The van der Waals surface area contributed by atoms with Crippen molar-refractivity contribution in [3.63, 3.8) is 0 Å². The number of aromatic nitrogens is 2. The second kappa shape index (κ2) is 5.27. The fourth-order valence-electron chi connectivity index (χ4n) is 1.90. The summed E-state index contributed by atoms with van der Waals surface area (Å²) in [5.74, 6) is 0.432. The highest BCUT2D eigenvalue weighted by molar-refractivity contribution is 6.42. The molecule has 0 aliphatic carbocycles. The molecular formula is C14H7Cl2N3O2. The smallest absolute Gasteiger partial charge is 0.258 e. The molecular weight excluding hydrogens is 313 g/mol. The van der Waals surface area contributed by atoms with Crippen molar-refractivity contribution in [2.75, 3.05) is 0 Å². The molecule has 5 nitrogen and oxygen atoms in total. The minimum absolute atomic E-state index is 0.0127. The van der Waals surface area contributed by atoms with Crippen LogP contribution in [0.5, 0.6) is 0 Å². The van der Waals surface area contributed by atoms with Crippen LogP contribution in [0.3, 0.4) is 0 Å². The van der Waals surface area contributed by atoms with Crippen molar-refractivity contribution >= 4 is 39.8 Å². The summed E-state index contributed by atoms with van der Waals surface area (Å²) >= 11 is 11.8. The van der Waals surface area contributed by atoms with E-state index in [-0.39, 0.29) is 5.69 Å². The van der Waals surface area contributed by atoms with Crippen molar-refractivity contribution in [1.82, 2.24) is 9.97 Å². The van der Waals surface area contributed by atoms with Crippen LogP contribution in [-0.2, 0) is 0 Å². The van der Waals surface area contributed by atoms with Gasteiger partial charge in [-0.2, -0.15) is 0 Å². The monoisotopic (exact) mass is 319 g/mol. The van der Waals surface area contributed by atoms with Crippen molar-refractivity contribution in [1.29, 1.82) is 0 Å². The van der Waals surface area contributed by atoms with E-state index >= 15 is 0 Å². The van der Waals surface area contributed by atoms with Gasteiger partial charge in [-0.1, -0.05) is 23.2 Å². The maximum Gasteiger partial charge on any atom is 0.271 e. The Bertz CT molecular complexity index is 868. The second-order valence-corrected chi connectivity index (χ2v) is 5.14. The minimum atomic E-state index is -0.458. The lowest BCUT2D eigenvalue weighted by Crippen LogP contribution is -1.92. The van der Waals surface area contributed by atoms with Gasteiger partial charge in [0.2, 0.25) is 0 Å². The summed E-state index contributed by atoms with van der Waals surface area (Å²) in [6.45, 7) is 0. The number of benzene rings is 2. The molecule has 21 heavy (non-hydrogen) atoms. The molecule has 0 aliphatic rings. The number of halogens is 2. The minimum Gasteiger partial charge on any atom is -0.258 e. The van der Waals surface area contributed by atoms with Crippen molar-refractivity contribution in [2.45, 2.75) is 0 Å². The molecule has 2 aromatic carbocycles. The molecule has 0 spiro atoms. The van der Waals surface area contributed by atoms with Gasteiger partial charge in [-0.3, -0.25) is 10.1 Å². The van der Waals surface area contributed by atoms with Gasteiger partial charge in [-0.25, -0.2) is 9.97 Å². The summed E-state index contributed by atoms with van der Waals surface area (Å²) in [4.78, 5) is 18.9. The summed E-state index contributed by atoms with van der Waals surface area (Å²) in [7, 11) is 0. The van der Waals surface area contributed by atoms with Crippen LogP contribution in [0.2, 0.25) is 10.0 Å². The number of hydrogen-bond donors (Lipinski definition) is 0. The first-order valence-electron chi connectivity index (χ1n) is 5.91. The number of hydrogen-bond acceptors (Lipinski definition) is 4. The number of non-ortho nitro benzene ring substituents is 1. The van der Waals surface area contributed by atoms with Crippen molar-refractivity contribution in [3.8, 4) is 11.4 Å². The lowest BCUT2D eigenvalue weighted by molar-refractivity contribution is -0.384. The molecule has 1 heterocycles. The maximum absolute atomic E-state index is 10.8. The molecule has 0 saturated heterocycles. The molecule has 3 rings (SSSR count). The Kier molecular flexibility index (Phi) is 3.45. The average molecular weight is 320 g/mol. The van der Waals surface area contributed by atoms with Gasteiger partial charge in [-0.15, -0.1) is 0 Å². The molecule has 0 bridgehead atoms. The fourth-order valence-corrected chi connectivity index (χ4v) is 2.20. The van der Waals surface area contributed by atoms with Crippen LogP contribution >= 0.6 is 23.2 Å². The molecule has 0 radical (unpaired) electrons. The molecule has 0 N–H and O–H groups in total. The van der Waals surface area contributed by atoms with Crippen LogP contribution in [0.25, 0.3) is 22.3 Å². The van der Waals surface area contributed by atoms with Crippen molar-refractivity contribution in [2.24, 2.45) is 0 Å². The summed E-state index contributed by atoms with van der Waals surface area (Å²) < 4.78 is 0. The summed E-state index contributed by atoms with van der Waals surface area (Å²) in [5, 5.41) is 12.4. The molecule has 0 aliphatic heterocycles. The van der Waals surface area contributed by atoms with Gasteiger partial charge in [0, 0.05) is 29.3 Å². The van der Waals surface area contributed by atoms with E-state index in [0.717, 1.165) is 5.39 Å². The molecule has 0 atom stereocenters. The standard InChI is InChI=1S/C14H7Cl2N3O2/c15-11-4-2-8(5-12(11)16)14-17-7-9-1-3-10(19(20)21)6-13(9)18-14/h1-7H. The van der Waals surface area contributed by atoms with Gasteiger partial charge in [0.1, 0.15) is 0 Å². The lowest BCUT2D eigenvalue weighted by atomic mass is 10.2. The van der Waals surface area contributed by atoms with E-state index < -0.39 is 4.92 Å².